The number of rotatable bonds is 3. The van der Waals surface area contributed by atoms with E-state index in [9.17, 15) is 9.59 Å². The van der Waals surface area contributed by atoms with E-state index >= 15 is 0 Å². The van der Waals surface area contributed by atoms with Gasteiger partial charge in [-0.05, 0) is 42.7 Å². The molecular formula is C20H23NO3. The Balaban J connectivity index is 1.90. The number of hydrogen-bond acceptors (Lipinski definition) is 3. The second kappa shape index (κ2) is 6.73. The molecule has 2 aromatic rings. The van der Waals surface area contributed by atoms with E-state index in [4.69, 9.17) is 4.74 Å². The van der Waals surface area contributed by atoms with Gasteiger partial charge in [-0.1, -0.05) is 37.3 Å². The number of anilines is 1. The van der Waals surface area contributed by atoms with E-state index in [1.54, 1.807) is 0 Å². The summed E-state index contributed by atoms with van der Waals surface area (Å²) in [6.45, 7) is 5.29. The molecule has 0 aromatic heterocycles. The van der Waals surface area contributed by atoms with Crippen LogP contribution in [-0.4, -0.2) is 24.0 Å². The van der Waals surface area contributed by atoms with Crippen LogP contribution >= 0.6 is 0 Å². The Labute approximate surface area is 142 Å². The maximum Gasteiger partial charge on any atom is 0.239 e. The molecule has 24 heavy (non-hydrogen) atoms. The maximum absolute atomic E-state index is 12.9. The number of ether oxygens (including phenoxy) is 1. The van der Waals surface area contributed by atoms with Crippen molar-refractivity contribution >= 4 is 28.3 Å². The van der Waals surface area contributed by atoms with Gasteiger partial charge in [0.05, 0.1) is 23.8 Å². The molecule has 4 heteroatoms. The first-order valence-corrected chi connectivity index (χ1v) is 8.46. The molecule has 2 amide bonds. The zero-order valence-electron chi connectivity index (χ0n) is 14.4. The summed E-state index contributed by atoms with van der Waals surface area (Å²) in [4.78, 5) is 26.4. The monoisotopic (exact) mass is 325 g/mol. The van der Waals surface area contributed by atoms with E-state index in [1.165, 1.54) is 11.8 Å². The standard InChI is InChI=1S/C20H23NO3/c1-13-8-11-19(24-13)14(2)20(23)21(15(3)22)18-10-9-16-6-4-5-7-17(16)12-18/h4-7,9-10,12-14,19H,8,11H2,1-3H3. The van der Waals surface area contributed by atoms with Crippen molar-refractivity contribution in [2.45, 2.75) is 45.8 Å². The number of carbonyl (C=O) groups excluding carboxylic acids is 2. The zero-order valence-corrected chi connectivity index (χ0v) is 14.4. The van der Waals surface area contributed by atoms with E-state index < -0.39 is 0 Å². The molecule has 0 N–H and O–H groups in total. The molecule has 2 aromatic carbocycles. The van der Waals surface area contributed by atoms with Gasteiger partial charge in [-0.2, -0.15) is 0 Å². The Bertz CT molecular complexity index is 770. The fourth-order valence-electron chi connectivity index (χ4n) is 3.34. The predicted molar refractivity (Wildman–Crippen MR) is 94.8 cm³/mol. The summed E-state index contributed by atoms with van der Waals surface area (Å²) in [5, 5.41) is 2.09. The first-order chi connectivity index (χ1) is 11.5. The number of carbonyl (C=O) groups is 2. The number of fused-ring (bicyclic) bond motifs is 1. The third-order valence-corrected chi connectivity index (χ3v) is 4.74. The van der Waals surface area contributed by atoms with Crippen LogP contribution in [-0.2, 0) is 14.3 Å². The minimum Gasteiger partial charge on any atom is -0.374 e. The molecule has 3 unspecified atom stereocenters. The van der Waals surface area contributed by atoms with Crippen LogP contribution < -0.4 is 4.90 Å². The lowest BCUT2D eigenvalue weighted by Gasteiger charge is -2.26. The van der Waals surface area contributed by atoms with Crippen molar-refractivity contribution in [1.29, 1.82) is 0 Å². The highest BCUT2D eigenvalue weighted by Crippen LogP contribution is 2.29. The van der Waals surface area contributed by atoms with Crippen LogP contribution in [0.1, 0.15) is 33.6 Å². The topological polar surface area (TPSA) is 46.6 Å². The minimum absolute atomic E-state index is 0.116. The lowest BCUT2D eigenvalue weighted by molar-refractivity contribution is -0.130. The van der Waals surface area contributed by atoms with E-state index in [0.29, 0.717) is 5.69 Å². The van der Waals surface area contributed by atoms with Crippen LogP contribution in [0.25, 0.3) is 10.8 Å². The summed E-state index contributed by atoms with van der Waals surface area (Å²) in [6, 6.07) is 13.6. The molecule has 1 saturated heterocycles. The van der Waals surface area contributed by atoms with Crippen molar-refractivity contribution in [1.82, 2.24) is 0 Å². The summed E-state index contributed by atoms with van der Waals surface area (Å²) < 4.78 is 5.82. The third kappa shape index (κ3) is 3.20. The lowest BCUT2D eigenvalue weighted by Crippen LogP contribution is -2.42. The first-order valence-electron chi connectivity index (χ1n) is 8.46. The third-order valence-electron chi connectivity index (χ3n) is 4.74. The van der Waals surface area contributed by atoms with E-state index in [2.05, 4.69) is 0 Å². The molecule has 1 heterocycles. The maximum atomic E-state index is 12.9. The highest BCUT2D eigenvalue weighted by molar-refractivity contribution is 6.15. The second-order valence-electron chi connectivity index (χ2n) is 6.58. The van der Waals surface area contributed by atoms with Crippen LogP contribution in [0.2, 0.25) is 0 Å². The molecule has 0 bridgehead atoms. The SMILES string of the molecule is CC(=O)N(C(=O)C(C)C1CCC(C)O1)c1ccc2ccccc2c1. The summed E-state index contributed by atoms with van der Waals surface area (Å²) in [5.41, 5.74) is 0.615. The van der Waals surface area contributed by atoms with E-state index in [0.717, 1.165) is 23.6 Å². The summed E-state index contributed by atoms with van der Waals surface area (Å²) in [6.07, 6.45) is 1.88. The van der Waals surface area contributed by atoms with Gasteiger partial charge in [0.25, 0.3) is 0 Å². The summed E-state index contributed by atoms with van der Waals surface area (Å²) >= 11 is 0. The number of imide groups is 1. The van der Waals surface area contributed by atoms with Gasteiger partial charge in [0.15, 0.2) is 0 Å². The molecule has 126 valence electrons. The molecule has 1 aliphatic rings. The molecule has 4 nitrogen and oxygen atoms in total. The van der Waals surface area contributed by atoms with Crippen LogP contribution in [0.3, 0.4) is 0 Å². The molecule has 0 saturated carbocycles. The van der Waals surface area contributed by atoms with Crippen molar-refractivity contribution in [3.8, 4) is 0 Å². The van der Waals surface area contributed by atoms with Gasteiger partial charge in [0.1, 0.15) is 0 Å². The quantitative estimate of drug-likeness (QED) is 0.859. The van der Waals surface area contributed by atoms with Gasteiger partial charge >= 0.3 is 0 Å². The van der Waals surface area contributed by atoms with E-state index in [1.807, 2.05) is 56.3 Å². The highest BCUT2D eigenvalue weighted by atomic mass is 16.5. The number of amides is 2. The second-order valence-corrected chi connectivity index (χ2v) is 6.58. The summed E-state index contributed by atoms with van der Waals surface area (Å²) in [5.74, 6) is -0.810. The largest absolute Gasteiger partial charge is 0.374 e. The van der Waals surface area contributed by atoms with Crippen molar-refractivity contribution in [3.63, 3.8) is 0 Å². The predicted octanol–water partition coefficient (Wildman–Crippen LogP) is 3.92. The van der Waals surface area contributed by atoms with Crippen LogP contribution in [0.15, 0.2) is 42.5 Å². The van der Waals surface area contributed by atoms with Crippen molar-refractivity contribution in [3.05, 3.63) is 42.5 Å². The highest BCUT2D eigenvalue weighted by Gasteiger charge is 2.35. The van der Waals surface area contributed by atoms with Crippen LogP contribution in [0, 0.1) is 5.92 Å². The zero-order chi connectivity index (χ0) is 17.3. The van der Waals surface area contributed by atoms with Crippen LogP contribution in [0.5, 0.6) is 0 Å². The molecule has 0 spiro atoms. The average molecular weight is 325 g/mol. The number of hydrogen-bond donors (Lipinski definition) is 0. The van der Waals surface area contributed by atoms with E-state index in [-0.39, 0.29) is 29.9 Å². The van der Waals surface area contributed by atoms with Gasteiger partial charge in [-0.15, -0.1) is 0 Å². The molecule has 3 atom stereocenters. The molecule has 3 rings (SSSR count). The van der Waals surface area contributed by atoms with Crippen molar-refractivity contribution < 1.29 is 14.3 Å². The van der Waals surface area contributed by atoms with Gasteiger partial charge in [-0.3, -0.25) is 14.5 Å². The molecule has 1 aliphatic heterocycles. The molecule has 0 aliphatic carbocycles. The number of benzene rings is 2. The Hall–Kier alpha value is -2.20. The Kier molecular flexibility index (Phi) is 4.67. The Morgan fingerprint density at radius 2 is 1.83 bits per heavy atom. The Morgan fingerprint density at radius 1 is 1.12 bits per heavy atom. The molecular weight excluding hydrogens is 302 g/mol. The fraction of sp³-hybridized carbons (Fsp3) is 0.400. The fourth-order valence-corrected chi connectivity index (χ4v) is 3.34. The number of nitrogens with zero attached hydrogens (tertiary/aromatic N) is 1. The van der Waals surface area contributed by atoms with Crippen molar-refractivity contribution in [2.75, 3.05) is 4.90 Å². The lowest BCUT2D eigenvalue weighted by atomic mass is 9.99. The molecule has 1 fully saturated rings. The minimum atomic E-state index is -0.342. The molecule has 0 radical (unpaired) electrons. The van der Waals surface area contributed by atoms with Gasteiger partial charge in [0.2, 0.25) is 11.8 Å². The summed E-state index contributed by atoms with van der Waals surface area (Å²) in [7, 11) is 0. The normalized spacial score (nSPS) is 21.6. The van der Waals surface area contributed by atoms with Gasteiger partial charge in [-0.25, -0.2) is 0 Å². The average Bonchev–Trinajstić information content (AvgIpc) is 3.00. The van der Waals surface area contributed by atoms with Crippen molar-refractivity contribution in [2.24, 2.45) is 5.92 Å². The van der Waals surface area contributed by atoms with Gasteiger partial charge in [0, 0.05) is 6.92 Å². The van der Waals surface area contributed by atoms with Gasteiger partial charge < -0.3 is 4.74 Å². The smallest absolute Gasteiger partial charge is 0.239 e. The Morgan fingerprint density at radius 3 is 2.46 bits per heavy atom. The van der Waals surface area contributed by atoms with Crippen LogP contribution in [0.4, 0.5) is 5.69 Å². The first kappa shape index (κ1) is 16.7.